The van der Waals surface area contributed by atoms with Crippen LogP contribution in [-0.2, 0) is 4.57 Å². The molecular formula is C7H18NOPS. The predicted molar refractivity (Wildman–Crippen MR) is 54.6 cm³/mol. The molecule has 1 unspecified atom stereocenters. The highest BCUT2D eigenvalue weighted by Crippen LogP contribution is 2.51. The van der Waals surface area contributed by atoms with E-state index in [1.165, 1.54) is 0 Å². The maximum atomic E-state index is 11.6. The van der Waals surface area contributed by atoms with Crippen molar-refractivity contribution in [1.82, 2.24) is 5.09 Å². The van der Waals surface area contributed by atoms with Gasteiger partial charge in [-0.05, 0) is 20.3 Å². The van der Waals surface area contributed by atoms with Crippen molar-refractivity contribution in [3.63, 3.8) is 0 Å². The summed E-state index contributed by atoms with van der Waals surface area (Å²) in [5.74, 6) is 0.980. The minimum Gasteiger partial charge on any atom is -0.295 e. The van der Waals surface area contributed by atoms with Gasteiger partial charge in [-0.15, -0.1) is 0 Å². The Morgan fingerprint density at radius 1 is 1.55 bits per heavy atom. The van der Waals surface area contributed by atoms with Crippen LogP contribution >= 0.6 is 17.9 Å². The van der Waals surface area contributed by atoms with Gasteiger partial charge in [0.15, 0.2) is 6.49 Å². The summed E-state index contributed by atoms with van der Waals surface area (Å²) in [5.41, 5.74) is 0. The Balaban J connectivity index is 3.71. The second-order valence-corrected chi connectivity index (χ2v) is 8.44. The minimum atomic E-state index is -2.10. The van der Waals surface area contributed by atoms with E-state index >= 15 is 0 Å². The van der Waals surface area contributed by atoms with Crippen molar-refractivity contribution in [1.29, 1.82) is 0 Å². The molecule has 2 nitrogen and oxygen atoms in total. The monoisotopic (exact) mass is 195 g/mol. The summed E-state index contributed by atoms with van der Waals surface area (Å²) in [7, 11) is 0. The molecule has 0 saturated carbocycles. The van der Waals surface area contributed by atoms with Crippen molar-refractivity contribution in [2.45, 2.75) is 33.2 Å². The van der Waals surface area contributed by atoms with E-state index in [9.17, 15) is 4.57 Å². The molecule has 0 aliphatic heterocycles. The third-order valence-corrected chi connectivity index (χ3v) is 5.45. The maximum Gasteiger partial charge on any atom is 0.198 e. The summed E-state index contributed by atoms with van der Waals surface area (Å²) in [6.45, 7) is 5.83. The molecule has 68 valence electrons. The van der Waals surface area contributed by atoms with Gasteiger partial charge in [0.05, 0.1) is 0 Å². The standard InChI is InChI=1S/C7H18NOPS/c1-5-6-11-10(4,9)8-7(2)3/h7H,5-6H2,1-4H3,(H,8,9). The van der Waals surface area contributed by atoms with E-state index in [0.29, 0.717) is 6.04 Å². The average molecular weight is 195 g/mol. The molecule has 0 bridgehead atoms. The summed E-state index contributed by atoms with van der Waals surface area (Å²) >= 11 is 1.55. The molecule has 0 radical (unpaired) electrons. The first kappa shape index (κ1) is 11.5. The Morgan fingerprint density at radius 2 is 2.09 bits per heavy atom. The molecule has 0 aromatic heterocycles. The van der Waals surface area contributed by atoms with Crippen LogP contribution in [0.2, 0.25) is 0 Å². The van der Waals surface area contributed by atoms with E-state index in [-0.39, 0.29) is 0 Å². The Morgan fingerprint density at radius 3 is 2.45 bits per heavy atom. The molecule has 0 fully saturated rings. The summed E-state index contributed by atoms with van der Waals surface area (Å²) in [6, 6.07) is 0.315. The van der Waals surface area contributed by atoms with Crippen LogP contribution in [0.5, 0.6) is 0 Å². The largest absolute Gasteiger partial charge is 0.295 e. The number of hydrogen-bond donors (Lipinski definition) is 1. The number of nitrogens with one attached hydrogen (secondary N) is 1. The lowest BCUT2D eigenvalue weighted by Gasteiger charge is -2.16. The highest BCUT2D eigenvalue weighted by Gasteiger charge is 2.15. The van der Waals surface area contributed by atoms with Crippen LogP contribution in [0.1, 0.15) is 27.2 Å². The Hall–Kier alpha value is 0.540. The molecule has 0 amide bonds. The fourth-order valence-electron chi connectivity index (χ4n) is 0.772. The van der Waals surface area contributed by atoms with Crippen molar-refractivity contribution in [2.75, 3.05) is 12.4 Å². The van der Waals surface area contributed by atoms with Crippen molar-refractivity contribution < 1.29 is 4.57 Å². The molecule has 0 spiro atoms. The van der Waals surface area contributed by atoms with Crippen LogP contribution < -0.4 is 5.09 Å². The lowest BCUT2D eigenvalue weighted by molar-refractivity contribution is 0.572. The van der Waals surface area contributed by atoms with Crippen molar-refractivity contribution in [3.05, 3.63) is 0 Å². The van der Waals surface area contributed by atoms with E-state index in [2.05, 4.69) is 12.0 Å². The van der Waals surface area contributed by atoms with Gasteiger partial charge in [0.1, 0.15) is 0 Å². The summed E-state index contributed by atoms with van der Waals surface area (Å²) in [5, 5.41) is 3.07. The van der Waals surface area contributed by atoms with E-state index < -0.39 is 6.49 Å². The van der Waals surface area contributed by atoms with Gasteiger partial charge in [-0.2, -0.15) is 0 Å². The van der Waals surface area contributed by atoms with E-state index in [1.54, 1.807) is 18.0 Å². The highest BCUT2D eigenvalue weighted by molar-refractivity contribution is 8.57. The smallest absolute Gasteiger partial charge is 0.198 e. The van der Waals surface area contributed by atoms with Gasteiger partial charge in [-0.1, -0.05) is 18.3 Å². The van der Waals surface area contributed by atoms with Crippen molar-refractivity contribution in [3.8, 4) is 0 Å². The summed E-state index contributed by atoms with van der Waals surface area (Å²) in [6.07, 6.45) is 1.09. The zero-order valence-corrected chi connectivity index (χ0v) is 9.47. The number of rotatable bonds is 5. The van der Waals surface area contributed by atoms with E-state index in [4.69, 9.17) is 0 Å². The zero-order valence-electron chi connectivity index (χ0n) is 7.76. The van der Waals surface area contributed by atoms with Crippen LogP contribution in [-0.4, -0.2) is 18.5 Å². The molecule has 1 N–H and O–H groups in total. The van der Waals surface area contributed by atoms with E-state index in [1.807, 2.05) is 13.8 Å². The lowest BCUT2D eigenvalue weighted by atomic mass is 10.4. The molecule has 0 aromatic rings. The summed E-state index contributed by atoms with van der Waals surface area (Å²) in [4.78, 5) is 0. The third kappa shape index (κ3) is 6.92. The first-order valence-corrected chi connectivity index (χ1v) is 7.72. The first-order valence-electron chi connectivity index (χ1n) is 3.98. The fourth-order valence-corrected chi connectivity index (χ4v) is 4.76. The van der Waals surface area contributed by atoms with Crippen LogP contribution in [0.3, 0.4) is 0 Å². The van der Waals surface area contributed by atoms with Gasteiger partial charge in [0.25, 0.3) is 0 Å². The molecule has 11 heavy (non-hydrogen) atoms. The Bertz CT molecular complexity index is 149. The quantitative estimate of drug-likeness (QED) is 0.684. The Kier molecular flexibility index (Phi) is 5.49. The average Bonchev–Trinajstić information content (AvgIpc) is 1.81. The van der Waals surface area contributed by atoms with Gasteiger partial charge in [0, 0.05) is 18.5 Å². The molecule has 0 heterocycles. The molecule has 1 atom stereocenters. The van der Waals surface area contributed by atoms with E-state index in [0.717, 1.165) is 12.2 Å². The summed E-state index contributed by atoms with van der Waals surface area (Å²) < 4.78 is 11.6. The highest BCUT2D eigenvalue weighted by atomic mass is 32.7. The molecule has 0 aliphatic carbocycles. The maximum absolute atomic E-state index is 11.6. The number of hydrogen-bond acceptors (Lipinski definition) is 2. The van der Waals surface area contributed by atoms with Crippen LogP contribution in [0.4, 0.5) is 0 Å². The van der Waals surface area contributed by atoms with Crippen LogP contribution in [0, 0.1) is 0 Å². The van der Waals surface area contributed by atoms with Crippen molar-refractivity contribution in [2.24, 2.45) is 0 Å². The Labute approximate surface area is 73.7 Å². The topological polar surface area (TPSA) is 29.1 Å². The van der Waals surface area contributed by atoms with Gasteiger partial charge in [-0.25, -0.2) is 0 Å². The third-order valence-electron chi connectivity index (χ3n) is 1.03. The van der Waals surface area contributed by atoms with Gasteiger partial charge >= 0.3 is 0 Å². The van der Waals surface area contributed by atoms with Gasteiger partial charge in [-0.3, -0.25) is 9.65 Å². The molecule has 0 aromatic carbocycles. The molecular weight excluding hydrogens is 177 g/mol. The van der Waals surface area contributed by atoms with Crippen molar-refractivity contribution >= 4 is 17.9 Å². The SMILES string of the molecule is CCCSP(C)(=O)NC(C)C. The minimum absolute atomic E-state index is 0.315. The first-order chi connectivity index (χ1) is 4.98. The predicted octanol–water partition coefficient (Wildman–Crippen LogP) is 2.95. The molecule has 4 heteroatoms. The van der Waals surface area contributed by atoms with Crippen LogP contribution in [0.25, 0.3) is 0 Å². The van der Waals surface area contributed by atoms with Gasteiger partial charge in [0.2, 0.25) is 0 Å². The van der Waals surface area contributed by atoms with Crippen LogP contribution in [0.15, 0.2) is 0 Å². The lowest BCUT2D eigenvalue weighted by Crippen LogP contribution is -2.17. The zero-order chi connectivity index (χ0) is 8.91. The molecule has 0 rings (SSSR count). The second-order valence-electron chi connectivity index (χ2n) is 2.96. The second kappa shape index (κ2) is 5.23. The molecule has 0 saturated heterocycles. The molecule has 0 aliphatic rings. The fraction of sp³-hybridized carbons (Fsp3) is 1.00. The normalized spacial score (nSPS) is 16.8. The van der Waals surface area contributed by atoms with Gasteiger partial charge < -0.3 is 0 Å².